The molecule has 0 radical (unpaired) electrons. The summed E-state index contributed by atoms with van der Waals surface area (Å²) in [5, 5.41) is 2.87. The fourth-order valence-corrected chi connectivity index (χ4v) is 3.09. The first-order valence-electron chi connectivity index (χ1n) is 5.65. The van der Waals surface area contributed by atoms with Crippen LogP contribution in [-0.2, 0) is 0 Å². The second-order valence-corrected chi connectivity index (χ2v) is 6.21. The van der Waals surface area contributed by atoms with Crippen LogP contribution in [0, 0.1) is 11.7 Å². The molecule has 2 rings (SSSR count). The molecule has 0 bridgehead atoms. The average molecular weight is 329 g/mol. The lowest BCUT2D eigenvalue weighted by atomic mass is 10.1. The Labute approximate surface area is 118 Å². The topological polar surface area (TPSA) is 38.9 Å². The molecule has 0 aliphatic rings. The van der Waals surface area contributed by atoms with Gasteiger partial charge in [-0.15, -0.1) is 11.3 Å². The van der Waals surface area contributed by atoms with E-state index in [0.717, 1.165) is 16.3 Å². The van der Waals surface area contributed by atoms with E-state index in [0.29, 0.717) is 10.4 Å². The van der Waals surface area contributed by atoms with E-state index in [-0.39, 0.29) is 11.9 Å². The maximum Gasteiger partial charge on any atom is 0.124 e. The van der Waals surface area contributed by atoms with Crippen LogP contribution >= 0.6 is 27.3 Å². The highest BCUT2D eigenvalue weighted by Crippen LogP contribution is 2.32. The predicted molar refractivity (Wildman–Crippen MR) is 77.0 cm³/mol. The average Bonchev–Trinajstić information content (AvgIpc) is 2.77. The Bertz CT molecular complexity index is 554. The predicted octanol–water partition coefficient (Wildman–Crippen LogP) is 4.37. The summed E-state index contributed by atoms with van der Waals surface area (Å²) in [7, 11) is 0. The molecule has 1 heterocycles. The van der Waals surface area contributed by atoms with Crippen molar-refractivity contribution < 1.29 is 4.39 Å². The molecule has 0 fully saturated rings. The number of hydrogen-bond acceptors (Lipinski definition) is 3. The summed E-state index contributed by atoms with van der Waals surface area (Å²) < 4.78 is 13.7. The van der Waals surface area contributed by atoms with Crippen LogP contribution in [-0.4, -0.2) is 4.98 Å². The van der Waals surface area contributed by atoms with Crippen molar-refractivity contribution in [3.8, 4) is 11.3 Å². The summed E-state index contributed by atoms with van der Waals surface area (Å²) >= 11 is 4.90. The molecule has 1 aromatic carbocycles. The van der Waals surface area contributed by atoms with Crippen LogP contribution in [0.5, 0.6) is 0 Å². The van der Waals surface area contributed by atoms with Crippen LogP contribution in [0.15, 0.2) is 28.1 Å². The van der Waals surface area contributed by atoms with Gasteiger partial charge in [0.1, 0.15) is 10.8 Å². The highest BCUT2D eigenvalue weighted by molar-refractivity contribution is 9.10. The van der Waals surface area contributed by atoms with Crippen LogP contribution in [0.3, 0.4) is 0 Å². The van der Waals surface area contributed by atoms with Gasteiger partial charge in [0.05, 0.1) is 11.7 Å². The monoisotopic (exact) mass is 328 g/mol. The van der Waals surface area contributed by atoms with Crippen molar-refractivity contribution in [1.29, 1.82) is 0 Å². The van der Waals surface area contributed by atoms with E-state index >= 15 is 0 Å². The van der Waals surface area contributed by atoms with Crippen LogP contribution in [0.1, 0.15) is 24.9 Å². The Morgan fingerprint density at radius 3 is 2.72 bits per heavy atom. The number of nitrogens with zero attached hydrogens (tertiary/aromatic N) is 1. The Kier molecular flexibility index (Phi) is 4.14. The lowest BCUT2D eigenvalue weighted by molar-refractivity contribution is 0.512. The summed E-state index contributed by atoms with van der Waals surface area (Å²) in [5.41, 5.74) is 7.78. The Hall–Kier alpha value is -0.780. The van der Waals surface area contributed by atoms with Gasteiger partial charge in [-0.05, 0) is 40.0 Å². The van der Waals surface area contributed by atoms with Crippen LogP contribution in [0.4, 0.5) is 4.39 Å². The van der Waals surface area contributed by atoms with Crippen molar-refractivity contribution in [1.82, 2.24) is 4.98 Å². The van der Waals surface area contributed by atoms with Gasteiger partial charge in [0, 0.05) is 15.4 Å². The third kappa shape index (κ3) is 2.79. The SMILES string of the molecule is CC(C)C(N)c1nc(-c2ccc(F)cc2Br)cs1. The highest BCUT2D eigenvalue weighted by Gasteiger charge is 2.16. The molecule has 0 amide bonds. The van der Waals surface area contributed by atoms with Gasteiger partial charge in [-0.25, -0.2) is 9.37 Å². The minimum absolute atomic E-state index is 0.0528. The van der Waals surface area contributed by atoms with Crippen molar-refractivity contribution in [2.75, 3.05) is 0 Å². The number of thiazole rings is 1. The van der Waals surface area contributed by atoms with E-state index in [4.69, 9.17) is 5.73 Å². The smallest absolute Gasteiger partial charge is 0.124 e. The lowest BCUT2D eigenvalue weighted by Crippen LogP contribution is -2.16. The standard InChI is InChI=1S/C13H14BrFN2S/c1-7(2)12(16)13-17-11(6-18-13)9-4-3-8(15)5-10(9)14/h3-7,12H,16H2,1-2H3. The molecule has 0 saturated heterocycles. The van der Waals surface area contributed by atoms with Gasteiger partial charge in [-0.1, -0.05) is 13.8 Å². The normalized spacial score (nSPS) is 13.0. The first kappa shape index (κ1) is 13.6. The summed E-state index contributed by atoms with van der Waals surface area (Å²) in [5.74, 6) is 0.0839. The third-order valence-corrected chi connectivity index (χ3v) is 4.33. The summed E-state index contributed by atoms with van der Waals surface area (Å²) in [6, 6.07) is 4.54. The van der Waals surface area contributed by atoms with Crippen molar-refractivity contribution >= 4 is 27.3 Å². The van der Waals surface area contributed by atoms with Gasteiger partial charge in [-0.2, -0.15) is 0 Å². The molecule has 2 aromatic rings. The van der Waals surface area contributed by atoms with Gasteiger partial charge >= 0.3 is 0 Å². The van der Waals surface area contributed by atoms with Gasteiger partial charge in [-0.3, -0.25) is 0 Å². The van der Waals surface area contributed by atoms with Crippen LogP contribution < -0.4 is 5.73 Å². The molecule has 0 spiro atoms. The molecule has 0 aliphatic carbocycles. The second kappa shape index (κ2) is 5.47. The first-order valence-corrected chi connectivity index (χ1v) is 7.32. The maximum atomic E-state index is 13.0. The molecule has 96 valence electrons. The van der Waals surface area contributed by atoms with Crippen LogP contribution in [0.2, 0.25) is 0 Å². The van der Waals surface area contributed by atoms with E-state index < -0.39 is 0 Å². The molecule has 2 nitrogen and oxygen atoms in total. The fraction of sp³-hybridized carbons (Fsp3) is 0.308. The molecule has 1 atom stereocenters. The van der Waals surface area contributed by atoms with E-state index in [2.05, 4.69) is 34.8 Å². The number of hydrogen-bond donors (Lipinski definition) is 1. The molecule has 5 heteroatoms. The minimum atomic E-state index is -0.264. The summed E-state index contributed by atoms with van der Waals surface area (Å²) in [4.78, 5) is 4.53. The number of halogens is 2. The van der Waals surface area contributed by atoms with Crippen molar-refractivity contribution in [3.05, 3.63) is 38.9 Å². The maximum absolute atomic E-state index is 13.0. The van der Waals surface area contributed by atoms with E-state index in [1.165, 1.54) is 12.1 Å². The molecule has 1 aromatic heterocycles. The van der Waals surface area contributed by atoms with Crippen molar-refractivity contribution in [2.45, 2.75) is 19.9 Å². The molecule has 18 heavy (non-hydrogen) atoms. The third-order valence-electron chi connectivity index (χ3n) is 2.73. The Balaban J connectivity index is 2.35. The molecule has 1 unspecified atom stereocenters. The molecule has 0 aliphatic heterocycles. The Morgan fingerprint density at radius 2 is 2.11 bits per heavy atom. The molecular formula is C13H14BrFN2S. The lowest BCUT2D eigenvalue weighted by Gasteiger charge is -2.11. The summed E-state index contributed by atoms with van der Waals surface area (Å²) in [6.45, 7) is 4.14. The van der Waals surface area contributed by atoms with Gasteiger partial charge in [0.2, 0.25) is 0 Å². The Morgan fingerprint density at radius 1 is 1.39 bits per heavy atom. The fourth-order valence-electron chi connectivity index (χ4n) is 1.55. The van der Waals surface area contributed by atoms with E-state index in [1.54, 1.807) is 17.4 Å². The number of nitrogens with two attached hydrogens (primary N) is 1. The number of benzene rings is 1. The van der Waals surface area contributed by atoms with Gasteiger partial charge in [0.25, 0.3) is 0 Å². The second-order valence-electron chi connectivity index (χ2n) is 4.46. The largest absolute Gasteiger partial charge is 0.322 e. The van der Waals surface area contributed by atoms with Gasteiger partial charge in [0.15, 0.2) is 0 Å². The molecular weight excluding hydrogens is 315 g/mol. The highest BCUT2D eigenvalue weighted by atomic mass is 79.9. The minimum Gasteiger partial charge on any atom is -0.322 e. The quantitative estimate of drug-likeness (QED) is 0.908. The zero-order valence-electron chi connectivity index (χ0n) is 10.2. The first-order chi connectivity index (χ1) is 8.49. The zero-order valence-corrected chi connectivity index (χ0v) is 12.6. The number of aromatic nitrogens is 1. The molecule has 0 saturated carbocycles. The van der Waals surface area contributed by atoms with Crippen molar-refractivity contribution in [2.24, 2.45) is 11.7 Å². The number of rotatable bonds is 3. The van der Waals surface area contributed by atoms with Crippen molar-refractivity contribution in [3.63, 3.8) is 0 Å². The van der Waals surface area contributed by atoms with E-state index in [9.17, 15) is 4.39 Å². The van der Waals surface area contributed by atoms with E-state index in [1.807, 2.05) is 5.38 Å². The zero-order chi connectivity index (χ0) is 13.3. The molecule has 2 N–H and O–H groups in total. The van der Waals surface area contributed by atoms with Crippen LogP contribution in [0.25, 0.3) is 11.3 Å². The van der Waals surface area contributed by atoms with Gasteiger partial charge < -0.3 is 5.73 Å². The summed E-state index contributed by atoms with van der Waals surface area (Å²) in [6.07, 6.45) is 0.